The zero-order valence-corrected chi connectivity index (χ0v) is 16.6. The van der Waals surface area contributed by atoms with Gasteiger partial charge in [-0.3, -0.25) is 4.79 Å². The number of benzene rings is 1. The molecule has 1 aliphatic carbocycles. The number of allylic oxidation sites excluding steroid dienone is 1. The van der Waals surface area contributed by atoms with Crippen LogP contribution >= 0.6 is 12.2 Å². The highest BCUT2D eigenvalue weighted by molar-refractivity contribution is 7.80. The molecule has 136 valence electrons. The molecule has 0 radical (unpaired) electrons. The van der Waals surface area contributed by atoms with Gasteiger partial charge in [0.25, 0.3) is 0 Å². The fourth-order valence-corrected chi connectivity index (χ4v) is 4.16. The third-order valence-electron chi connectivity index (χ3n) is 5.40. The van der Waals surface area contributed by atoms with Crippen LogP contribution in [0.5, 0.6) is 0 Å². The Morgan fingerprint density at radius 3 is 2.44 bits per heavy atom. The monoisotopic (exact) mass is 356 g/mol. The Kier molecular flexibility index (Phi) is 8.54. The molecule has 1 aromatic rings. The molecule has 1 fully saturated rings. The maximum Gasteiger partial charge on any atom is 0.156 e. The molecule has 1 aliphatic rings. The zero-order valence-electron chi connectivity index (χ0n) is 15.7. The molecule has 0 heterocycles. The van der Waals surface area contributed by atoms with E-state index < -0.39 is 0 Å². The van der Waals surface area contributed by atoms with E-state index in [4.69, 9.17) is 12.2 Å². The first-order valence-electron chi connectivity index (χ1n) is 9.82. The van der Waals surface area contributed by atoms with Crippen molar-refractivity contribution in [2.75, 3.05) is 0 Å². The van der Waals surface area contributed by atoms with Crippen LogP contribution in [-0.2, 0) is 4.79 Å². The maximum atomic E-state index is 12.4. The standard InChI is InChI=1S/C23H32OS/c1-18(2)21(17-23(25)15-20-11-7-4-8-12-20)16-22(24)14-13-19-9-5-3-6-10-19/h3,5-6,9-10,13-14,18,20-21H,4,7-8,11-12,15-17H2,1-2H3/b14-13+. The fourth-order valence-electron chi connectivity index (χ4n) is 3.71. The number of hydrogen-bond acceptors (Lipinski definition) is 2. The third-order valence-corrected chi connectivity index (χ3v) is 5.73. The summed E-state index contributed by atoms with van der Waals surface area (Å²) in [6, 6.07) is 10.0. The molecule has 1 unspecified atom stereocenters. The molecule has 0 spiro atoms. The van der Waals surface area contributed by atoms with E-state index in [1.807, 2.05) is 36.4 Å². The highest BCUT2D eigenvalue weighted by Crippen LogP contribution is 2.29. The van der Waals surface area contributed by atoms with Crippen LogP contribution in [-0.4, -0.2) is 10.6 Å². The van der Waals surface area contributed by atoms with Crippen molar-refractivity contribution in [3.63, 3.8) is 0 Å². The largest absolute Gasteiger partial charge is 0.295 e. The second-order valence-corrected chi connectivity index (χ2v) is 8.45. The molecule has 0 saturated heterocycles. The molecule has 2 heteroatoms. The van der Waals surface area contributed by atoms with E-state index in [9.17, 15) is 4.79 Å². The lowest BCUT2D eigenvalue weighted by atomic mass is 9.82. The highest BCUT2D eigenvalue weighted by atomic mass is 32.1. The summed E-state index contributed by atoms with van der Waals surface area (Å²) in [7, 11) is 0. The fraction of sp³-hybridized carbons (Fsp3) is 0.565. The Hall–Kier alpha value is -1.28. The van der Waals surface area contributed by atoms with E-state index in [1.54, 1.807) is 6.08 Å². The summed E-state index contributed by atoms with van der Waals surface area (Å²) in [6.45, 7) is 4.42. The summed E-state index contributed by atoms with van der Waals surface area (Å²) >= 11 is 5.70. The van der Waals surface area contributed by atoms with Crippen LogP contribution in [0.1, 0.15) is 70.8 Å². The van der Waals surface area contributed by atoms with E-state index in [-0.39, 0.29) is 5.78 Å². The molecule has 0 bridgehead atoms. The van der Waals surface area contributed by atoms with Gasteiger partial charge in [-0.25, -0.2) is 0 Å². The van der Waals surface area contributed by atoms with Crippen molar-refractivity contribution in [1.82, 2.24) is 0 Å². The van der Waals surface area contributed by atoms with E-state index in [2.05, 4.69) is 13.8 Å². The zero-order chi connectivity index (χ0) is 18.1. The summed E-state index contributed by atoms with van der Waals surface area (Å²) in [5.74, 6) is 1.85. The van der Waals surface area contributed by atoms with Gasteiger partial charge in [0.05, 0.1) is 0 Å². The van der Waals surface area contributed by atoms with Crippen molar-refractivity contribution >= 4 is 28.9 Å². The molecule has 1 aromatic carbocycles. The lowest BCUT2D eigenvalue weighted by molar-refractivity contribution is -0.115. The molecule has 0 N–H and O–H groups in total. The summed E-state index contributed by atoms with van der Waals surface area (Å²) in [5, 5.41) is 0. The highest BCUT2D eigenvalue weighted by Gasteiger charge is 2.21. The molecule has 1 saturated carbocycles. The molecule has 1 atom stereocenters. The van der Waals surface area contributed by atoms with Crippen LogP contribution in [0.15, 0.2) is 36.4 Å². The molecule has 25 heavy (non-hydrogen) atoms. The minimum Gasteiger partial charge on any atom is -0.295 e. The van der Waals surface area contributed by atoms with Gasteiger partial charge in [-0.05, 0) is 47.1 Å². The van der Waals surface area contributed by atoms with Crippen molar-refractivity contribution < 1.29 is 4.79 Å². The van der Waals surface area contributed by atoms with Gasteiger partial charge in [-0.2, -0.15) is 0 Å². The maximum absolute atomic E-state index is 12.4. The van der Waals surface area contributed by atoms with Crippen molar-refractivity contribution in [2.45, 2.75) is 65.2 Å². The first kappa shape index (κ1) is 20.0. The lowest BCUT2D eigenvalue weighted by Crippen LogP contribution is -2.19. The van der Waals surface area contributed by atoms with Crippen molar-refractivity contribution in [2.24, 2.45) is 17.8 Å². The molecular weight excluding hydrogens is 324 g/mol. The normalized spacial score (nSPS) is 17.1. The Labute approximate surface area is 158 Å². The lowest BCUT2D eigenvalue weighted by Gasteiger charge is -2.24. The average Bonchev–Trinajstić information content (AvgIpc) is 2.61. The molecule has 0 aliphatic heterocycles. The van der Waals surface area contributed by atoms with Gasteiger partial charge in [0, 0.05) is 6.42 Å². The van der Waals surface area contributed by atoms with Crippen molar-refractivity contribution in [3.05, 3.63) is 42.0 Å². The van der Waals surface area contributed by atoms with Gasteiger partial charge in [0.15, 0.2) is 5.78 Å². The van der Waals surface area contributed by atoms with Gasteiger partial charge in [-0.1, -0.05) is 94.6 Å². The van der Waals surface area contributed by atoms with Crippen LogP contribution in [0.3, 0.4) is 0 Å². The number of rotatable bonds is 9. The minimum absolute atomic E-state index is 0.211. The van der Waals surface area contributed by atoms with Gasteiger partial charge in [0.2, 0.25) is 0 Å². The first-order chi connectivity index (χ1) is 12.0. The smallest absolute Gasteiger partial charge is 0.156 e. The van der Waals surface area contributed by atoms with E-state index in [1.165, 1.54) is 37.0 Å². The Bertz CT molecular complexity index is 567. The second-order valence-electron chi connectivity index (χ2n) is 7.87. The topological polar surface area (TPSA) is 17.1 Å². The first-order valence-corrected chi connectivity index (χ1v) is 10.2. The predicted octanol–water partition coefficient (Wildman–Crippen LogP) is 6.66. The summed E-state index contributed by atoms with van der Waals surface area (Å²) < 4.78 is 0. The SMILES string of the molecule is CC(C)C(CC(=O)/C=C/c1ccccc1)CC(=S)CC1CCCCC1. The quantitative estimate of drug-likeness (QED) is 0.363. The molecular formula is C23H32OS. The summed E-state index contributed by atoms with van der Waals surface area (Å²) in [4.78, 5) is 13.6. The van der Waals surface area contributed by atoms with Gasteiger partial charge in [-0.15, -0.1) is 0 Å². The van der Waals surface area contributed by atoms with Crippen LogP contribution in [0.4, 0.5) is 0 Å². The molecule has 1 nitrogen and oxygen atoms in total. The summed E-state index contributed by atoms with van der Waals surface area (Å²) in [6.07, 6.45) is 13.1. The van der Waals surface area contributed by atoms with Crippen LogP contribution < -0.4 is 0 Å². The number of ketones is 1. The third kappa shape index (κ3) is 7.64. The van der Waals surface area contributed by atoms with Gasteiger partial charge in [0.1, 0.15) is 0 Å². The summed E-state index contributed by atoms with van der Waals surface area (Å²) in [5.41, 5.74) is 1.07. The minimum atomic E-state index is 0.211. The Balaban J connectivity index is 1.83. The van der Waals surface area contributed by atoms with E-state index in [0.717, 1.165) is 24.3 Å². The Morgan fingerprint density at radius 1 is 1.12 bits per heavy atom. The number of carbonyl (C=O) groups is 1. The van der Waals surface area contributed by atoms with E-state index in [0.29, 0.717) is 18.3 Å². The Morgan fingerprint density at radius 2 is 1.80 bits per heavy atom. The van der Waals surface area contributed by atoms with Gasteiger partial charge < -0.3 is 0 Å². The van der Waals surface area contributed by atoms with Crippen LogP contribution in [0.25, 0.3) is 6.08 Å². The average molecular weight is 357 g/mol. The van der Waals surface area contributed by atoms with Crippen LogP contribution in [0, 0.1) is 17.8 Å². The molecule has 0 aromatic heterocycles. The molecule has 2 rings (SSSR count). The van der Waals surface area contributed by atoms with Gasteiger partial charge >= 0.3 is 0 Å². The predicted molar refractivity (Wildman–Crippen MR) is 112 cm³/mol. The van der Waals surface area contributed by atoms with Crippen LogP contribution in [0.2, 0.25) is 0 Å². The van der Waals surface area contributed by atoms with E-state index >= 15 is 0 Å². The molecule has 0 amide bonds. The number of hydrogen-bond donors (Lipinski definition) is 0. The van der Waals surface area contributed by atoms with Crippen molar-refractivity contribution in [1.29, 1.82) is 0 Å². The van der Waals surface area contributed by atoms with Crippen molar-refractivity contribution in [3.8, 4) is 0 Å². The number of thiocarbonyl (C=S) groups is 1. The number of carbonyl (C=O) groups excluding carboxylic acids is 1. The second kappa shape index (κ2) is 10.7.